The smallest absolute Gasteiger partial charge is 0.335 e. The van der Waals surface area contributed by atoms with E-state index < -0.39 is 11.6 Å². The highest BCUT2D eigenvalue weighted by molar-refractivity contribution is 9.10. The predicted molar refractivity (Wildman–Crippen MR) is 57.8 cm³/mol. The molecule has 0 aromatic heterocycles. The van der Waals surface area contributed by atoms with Gasteiger partial charge in [0.15, 0.2) is 5.60 Å². The zero-order valence-corrected chi connectivity index (χ0v) is 9.65. The molecule has 1 aromatic rings. The van der Waals surface area contributed by atoms with Crippen molar-refractivity contribution in [2.75, 3.05) is 0 Å². The Kier molecular flexibility index (Phi) is 3.36. The molecule has 0 spiro atoms. The maximum absolute atomic E-state index is 10.7. The van der Waals surface area contributed by atoms with Crippen molar-refractivity contribution < 1.29 is 20.1 Å². The molecule has 0 bridgehead atoms. The van der Waals surface area contributed by atoms with Crippen molar-refractivity contribution in [2.24, 2.45) is 0 Å². The van der Waals surface area contributed by atoms with Crippen LogP contribution in [0, 0.1) is 0 Å². The molecular formula is C10H11BrO4. The number of carboxylic acids is 1. The van der Waals surface area contributed by atoms with Crippen molar-refractivity contribution in [3.8, 4) is 5.75 Å². The predicted octanol–water partition coefficient (Wildman–Crippen LogP) is 1.53. The lowest BCUT2D eigenvalue weighted by Crippen LogP contribution is -2.37. The highest BCUT2D eigenvalue weighted by atomic mass is 79.9. The molecule has 1 aromatic carbocycles. The number of aliphatic carboxylic acids is 1. The fraction of sp³-hybridized carbons (Fsp3) is 0.300. The van der Waals surface area contributed by atoms with Gasteiger partial charge in [-0.25, -0.2) is 4.79 Å². The second-order valence-electron chi connectivity index (χ2n) is 3.54. The van der Waals surface area contributed by atoms with Gasteiger partial charge in [-0.2, -0.15) is 0 Å². The molecule has 82 valence electrons. The van der Waals surface area contributed by atoms with Gasteiger partial charge < -0.3 is 15.3 Å². The van der Waals surface area contributed by atoms with Gasteiger partial charge >= 0.3 is 5.97 Å². The first kappa shape index (κ1) is 12.0. The Labute approximate surface area is 95.3 Å². The Morgan fingerprint density at radius 1 is 1.53 bits per heavy atom. The highest BCUT2D eigenvalue weighted by Crippen LogP contribution is 2.26. The Bertz CT molecular complexity index is 387. The van der Waals surface area contributed by atoms with Crippen molar-refractivity contribution in [3.05, 3.63) is 28.2 Å². The summed E-state index contributed by atoms with van der Waals surface area (Å²) in [6.45, 7) is 1.23. The van der Waals surface area contributed by atoms with Gasteiger partial charge in [0.1, 0.15) is 5.75 Å². The second kappa shape index (κ2) is 4.20. The molecule has 3 N–H and O–H groups in total. The average Bonchev–Trinajstić information content (AvgIpc) is 2.10. The molecule has 0 heterocycles. The summed E-state index contributed by atoms with van der Waals surface area (Å²) in [7, 11) is 0. The maximum Gasteiger partial charge on any atom is 0.335 e. The second-order valence-corrected chi connectivity index (χ2v) is 4.40. The van der Waals surface area contributed by atoms with E-state index >= 15 is 0 Å². The summed E-state index contributed by atoms with van der Waals surface area (Å²) in [6, 6.07) is 4.58. The minimum absolute atomic E-state index is 0.0127. The number of hydrogen-bond donors (Lipinski definition) is 3. The molecule has 0 fully saturated rings. The van der Waals surface area contributed by atoms with E-state index in [1.807, 2.05) is 0 Å². The highest BCUT2D eigenvalue weighted by Gasteiger charge is 2.30. The molecule has 0 saturated heterocycles. The lowest BCUT2D eigenvalue weighted by molar-refractivity contribution is -0.156. The van der Waals surface area contributed by atoms with Crippen LogP contribution in [0.15, 0.2) is 22.7 Å². The minimum atomic E-state index is -1.80. The number of hydrogen-bond acceptors (Lipinski definition) is 3. The maximum atomic E-state index is 10.7. The summed E-state index contributed by atoms with van der Waals surface area (Å²) in [4.78, 5) is 10.7. The van der Waals surface area contributed by atoms with Crippen molar-refractivity contribution in [2.45, 2.75) is 18.9 Å². The molecule has 0 aliphatic heterocycles. The van der Waals surface area contributed by atoms with Gasteiger partial charge in [0.05, 0.1) is 4.47 Å². The van der Waals surface area contributed by atoms with Crippen molar-refractivity contribution >= 4 is 21.9 Å². The van der Waals surface area contributed by atoms with Gasteiger partial charge in [-0.3, -0.25) is 0 Å². The van der Waals surface area contributed by atoms with Crippen molar-refractivity contribution in [3.63, 3.8) is 0 Å². The summed E-state index contributed by atoms with van der Waals surface area (Å²) in [6.07, 6.45) is -0.0127. The van der Waals surface area contributed by atoms with E-state index in [-0.39, 0.29) is 12.2 Å². The molecule has 0 aliphatic carbocycles. The van der Waals surface area contributed by atoms with Crippen LogP contribution in [0.25, 0.3) is 0 Å². The number of benzene rings is 1. The van der Waals surface area contributed by atoms with Crippen LogP contribution in [0.2, 0.25) is 0 Å². The van der Waals surface area contributed by atoms with Crippen LogP contribution in [-0.2, 0) is 11.2 Å². The largest absolute Gasteiger partial charge is 0.507 e. The Morgan fingerprint density at radius 3 is 2.60 bits per heavy atom. The van der Waals surface area contributed by atoms with E-state index in [0.717, 1.165) is 0 Å². The standard InChI is InChI=1S/C10H11BrO4/c1-10(15,9(13)14)5-6-2-3-8(12)7(11)4-6/h2-4,12,15H,5H2,1H3,(H,13,14)/t10-/m1/s1. The molecule has 0 aliphatic rings. The summed E-state index contributed by atoms with van der Waals surface area (Å²) in [5, 5.41) is 27.5. The van der Waals surface area contributed by atoms with E-state index in [9.17, 15) is 15.0 Å². The zero-order valence-electron chi connectivity index (χ0n) is 8.07. The number of carbonyl (C=O) groups is 1. The Balaban J connectivity index is 2.91. The van der Waals surface area contributed by atoms with Gasteiger partial charge in [-0.15, -0.1) is 0 Å². The van der Waals surface area contributed by atoms with Crippen LogP contribution in [0.3, 0.4) is 0 Å². The Hall–Kier alpha value is -1.07. The number of rotatable bonds is 3. The van der Waals surface area contributed by atoms with Crippen LogP contribution >= 0.6 is 15.9 Å². The molecule has 0 amide bonds. The molecule has 5 heteroatoms. The number of phenolic OH excluding ortho intramolecular Hbond substituents is 1. The van der Waals surface area contributed by atoms with Gasteiger partial charge in [-0.1, -0.05) is 6.07 Å². The van der Waals surface area contributed by atoms with Crippen molar-refractivity contribution in [1.29, 1.82) is 0 Å². The van der Waals surface area contributed by atoms with Crippen LogP contribution in [0.4, 0.5) is 0 Å². The topological polar surface area (TPSA) is 77.8 Å². The molecule has 15 heavy (non-hydrogen) atoms. The number of halogens is 1. The molecule has 1 atom stereocenters. The first-order valence-corrected chi connectivity index (χ1v) is 5.05. The van der Waals surface area contributed by atoms with Crippen LogP contribution in [0.1, 0.15) is 12.5 Å². The lowest BCUT2D eigenvalue weighted by Gasteiger charge is -2.17. The fourth-order valence-electron chi connectivity index (χ4n) is 1.13. The average molecular weight is 275 g/mol. The van der Waals surface area contributed by atoms with Crippen LogP contribution in [-0.4, -0.2) is 26.9 Å². The number of aromatic hydroxyl groups is 1. The van der Waals surface area contributed by atoms with Gasteiger partial charge in [0.25, 0.3) is 0 Å². The quantitative estimate of drug-likeness (QED) is 0.781. The minimum Gasteiger partial charge on any atom is -0.507 e. The fourth-order valence-corrected chi connectivity index (χ4v) is 1.56. The van der Waals surface area contributed by atoms with Gasteiger partial charge in [-0.05, 0) is 40.5 Å². The van der Waals surface area contributed by atoms with Gasteiger partial charge in [0.2, 0.25) is 0 Å². The monoisotopic (exact) mass is 274 g/mol. The first-order valence-electron chi connectivity index (χ1n) is 4.26. The Morgan fingerprint density at radius 2 is 2.13 bits per heavy atom. The van der Waals surface area contributed by atoms with E-state index in [1.54, 1.807) is 12.1 Å². The van der Waals surface area contributed by atoms with E-state index in [4.69, 9.17) is 5.11 Å². The third-order valence-electron chi connectivity index (χ3n) is 2.02. The summed E-state index contributed by atoms with van der Waals surface area (Å²) in [5.41, 5.74) is -1.16. The number of carboxylic acid groups (broad SMARTS) is 1. The zero-order chi connectivity index (χ0) is 11.6. The SMILES string of the molecule is C[C@@](O)(Cc1ccc(O)c(Br)c1)C(=O)O. The van der Waals surface area contributed by atoms with E-state index in [0.29, 0.717) is 10.0 Å². The van der Waals surface area contributed by atoms with Crippen LogP contribution < -0.4 is 0 Å². The lowest BCUT2D eigenvalue weighted by atomic mass is 9.97. The number of aliphatic hydroxyl groups is 1. The summed E-state index contributed by atoms with van der Waals surface area (Å²) < 4.78 is 0.473. The molecule has 0 radical (unpaired) electrons. The van der Waals surface area contributed by atoms with Crippen LogP contribution in [0.5, 0.6) is 5.75 Å². The third kappa shape index (κ3) is 2.94. The van der Waals surface area contributed by atoms with Crippen molar-refractivity contribution in [1.82, 2.24) is 0 Å². The first-order chi connectivity index (χ1) is 6.83. The molecule has 0 unspecified atom stereocenters. The molecule has 0 saturated carbocycles. The third-order valence-corrected chi connectivity index (χ3v) is 2.66. The van der Waals surface area contributed by atoms with E-state index in [1.165, 1.54) is 13.0 Å². The summed E-state index contributed by atoms with van der Waals surface area (Å²) in [5.74, 6) is -1.19. The van der Waals surface area contributed by atoms with E-state index in [2.05, 4.69) is 15.9 Å². The van der Waals surface area contributed by atoms with Gasteiger partial charge in [0, 0.05) is 6.42 Å². The number of phenols is 1. The molecule has 4 nitrogen and oxygen atoms in total. The summed E-state index contributed by atoms with van der Waals surface area (Å²) >= 11 is 3.11. The molecular weight excluding hydrogens is 264 g/mol. The molecule has 1 rings (SSSR count). The normalized spacial score (nSPS) is 14.6.